The van der Waals surface area contributed by atoms with Crippen LogP contribution in [-0.2, 0) is 25.2 Å². The minimum absolute atomic E-state index is 0. The highest BCUT2D eigenvalue weighted by atomic mass is 79.9. The zero-order valence-electron chi connectivity index (χ0n) is 10.6. The molecule has 0 aromatic carbocycles. The molecule has 0 heterocycles. The van der Waals surface area contributed by atoms with Crippen LogP contribution in [0.4, 0.5) is 0 Å². The Bertz CT molecular complexity index is 239. The molecule has 96 valence electrons. The fourth-order valence-electron chi connectivity index (χ4n) is 1.13. The van der Waals surface area contributed by atoms with Crippen LogP contribution in [0.1, 0.15) is 27.2 Å². The summed E-state index contributed by atoms with van der Waals surface area (Å²) in [5.74, 6) is 0.402. The van der Waals surface area contributed by atoms with Crippen molar-refractivity contribution in [2.45, 2.75) is 27.2 Å². The first-order valence-corrected chi connectivity index (χ1v) is 7.23. The van der Waals surface area contributed by atoms with Gasteiger partial charge >= 0.3 is 5.97 Å². The molecule has 0 aromatic rings. The van der Waals surface area contributed by atoms with Gasteiger partial charge in [-0.1, -0.05) is 13.8 Å². The first kappa shape index (κ1) is 18.3. The molecule has 0 N–H and O–H groups in total. The molecule has 0 bridgehead atoms. The van der Waals surface area contributed by atoms with Crippen LogP contribution in [-0.4, -0.2) is 36.6 Å². The van der Waals surface area contributed by atoms with Gasteiger partial charge in [0.25, 0.3) is 0 Å². The van der Waals surface area contributed by atoms with Crippen molar-refractivity contribution in [3.63, 3.8) is 0 Å². The zero-order chi connectivity index (χ0) is 12.1. The van der Waals surface area contributed by atoms with E-state index in [1.54, 1.807) is 20.8 Å². The molecule has 0 fully saturated rings. The van der Waals surface area contributed by atoms with E-state index in [2.05, 4.69) is 0 Å². The number of Topliss-reactive ketones (excluding diaryl/α,β-unsaturated/α-hetero) is 1. The van der Waals surface area contributed by atoms with Gasteiger partial charge in [-0.25, -0.2) is 0 Å². The van der Waals surface area contributed by atoms with Crippen molar-refractivity contribution in [1.29, 1.82) is 0 Å². The molecule has 0 atom stereocenters. The number of carbonyl (C=O) groups excluding carboxylic acids is 2. The van der Waals surface area contributed by atoms with E-state index >= 15 is 0 Å². The number of halogens is 1. The highest BCUT2D eigenvalue weighted by molar-refractivity contribution is 7.96. The second-order valence-electron chi connectivity index (χ2n) is 4.42. The highest BCUT2D eigenvalue weighted by Gasteiger charge is 2.33. The fraction of sp³-hybridized carbons (Fsp3) is 0.818. The van der Waals surface area contributed by atoms with Crippen molar-refractivity contribution in [2.24, 2.45) is 5.41 Å². The topological polar surface area (TPSA) is 43.4 Å². The molecule has 0 aliphatic rings. The number of carbonyl (C=O) groups is 2. The van der Waals surface area contributed by atoms with Gasteiger partial charge in [-0.3, -0.25) is 9.59 Å². The lowest BCUT2D eigenvalue weighted by Crippen LogP contribution is -3.00. The zero-order valence-corrected chi connectivity index (χ0v) is 13.0. The minimum atomic E-state index is -0.594. The molecule has 0 aliphatic heterocycles. The van der Waals surface area contributed by atoms with E-state index in [9.17, 15) is 9.59 Å². The van der Waals surface area contributed by atoms with Gasteiger partial charge in [0.15, 0.2) is 11.5 Å². The molecular formula is C11H21BrO3S. The maximum absolute atomic E-state index is 11.8. The smallest absolute Gasteiger partial charge is 0.306 e. The second kappa shape index (κ2) is 8.12. The Kier molecular flexibility index (Phi) is 9.30. The van der Waals surface area contributed by atoms with Crippen LogP contribution >= 0.6 is 0 Å². The van der Waals surface area contributed by atoms with Gasteiger partial charge in [-0.2, -0.15) is 0 Å². The predicted octanol–water partition coefficient (Wildman–Crippen LogP) is -1.58. The van der Waals surface area contributed by atoms with Crippen LogP contribution in [0.2, 0.25) is 0 Å². The lowest BCUT2D eigenvalue weighted by atomic mass is 9.85. The van der Waals surface area contributed by atoms with E-state index in [0.29, 0.717) is 12.4 Å². The highest BCUT2D eigenvalue weighted by Crippen LogP contribution is 2.23. The second-order valence-corrected chi connectivity index (χ2v) is 6.68. The molecule has 0 aromatic heterocycles. The SMILES string of the molecule is CCOC(=O)CC(C)(C)C(=O)C[S+](C)C.[Br-]. The van der Waals surface area contributed by atoms with Gasteiger partial charge < -0.3 is 21.7 Å². The van der Waals surface area contributed by atoms with Gasteiger partial charge in [0, 0.05) is 5.41 Å². The molecule has 0 unspecified atom stereocenters. The summed E-state index contributed by atoms with van der Waals surface area (Å²) in [6.45, 7) is 5.75. The Labute approximate surface area is 111 Å². The predicted molar refractivity (Wildman–Crippen MR) is 64.1 cm³/mol. The minimum Gasteiger partial charge on any atom is -1.00 e. The first-order chi connectivity index (χ1) is 6.79. The Balaban J connectivity index is 0. The maximum atomic E-state index is 11.8. The molecule has 0 saturated heterocycles. The quantitative estimate of drug-likeness (QED) is 0.439. The Morgan fingerprint density at radius 2 is 1.75 bits per heavy atom. The van der Waals surface area contributed by atoms with Crippen LogP contribution in [0.15, 0.2) is 0 Å². The summed E-state index contributed by atoms with van der Waals surface area (Å²) >= 11 is 0. The maximum Gasteiger partial charge on any atom is 0.306 e. The van der Waals surface area contributed by atoms with E-state index < -0.39 is 5.41 Å². The molecule has 0 saturated carbocycles. The summed E-state index contributed by atoms with van der Waals surface area (Å²) < 4.78 is 4.84. The largest absolute Gasteiger partial charge is 1.00 e. The van der Waals surface area contributed by atoms with E-state index in [1.807, 2.05) is 12.5 Å². The summed E-state index contributed by atoms with van der Waals surface area (Å²) in [4.78, 5) is 23.1. The van der Waals surface area contributed by atoms with E-state index in [0.717, 1.165) is 0 Å². The lowest BCUT2D eigenvalue weighted by molar-refractivity contribution is -0.148. The van der Waals surface area contributed by atoms with Gasteiger partial charge in [-0.05, 0) is 17.8 Å². The Morgan fingerprint density at radius 3 is 2.12 bits per heavy atom. The van der Waals surface area contributed by atoms with Crippen molar-refractivity contribution in [2.75, 3.05) is 24.9 Å². The number of hydrogen-bond acceptors (Lipinski definition) is 3. The normalized spacial score (nSPS) is 10.9. The Hall–Kier alpha value is -0.0300. The summed E-state index contributed by atoms with van der Waals surface area (Å²) in [7, 11) is 0.0876. The molecule has 0 spiro atoms. The average Bonchev–Trinajstić information content (AvgIpc) is 2.01. The van der Waals surface area contributed by atoms with Crippen LogP contribution < -0.4 is 17.0 Å². The molecule has 0 amide bonds. The van der Waals surface area contributed by atoms with E-state index in [4.69, 9.17) is 4.74 Å². The van der Waals surface area contributed by atoms with Gasteiger partial charge in [0.1, 0.15) is 0 Å². The number of ether oxygens (including phenoxy) is 1. The van der Waals surface area contributed by atoms with E-state index in [-0.39, 0.29) is 46.0 Å². The first-order valence-electron chi connectivity index (χ1n) is 5.02. The summed E-state index contributed by atoms with van der Waals surface area (Å²) in [5, 5.41) is 0. The van der Waals surface area contributed by atoms with Crippen molar-refractivity contribution in [3.05, 3.63) is 0 Å². The van der Waals surface area contributed by atoms with Crippen LogP contribution in [0.25, 0.3) is 0 Å². The third-order valence-electron chi connectivity index (χ3n) is 2.07. The van der Waals surface area contributed by atoms with Crippen molar-refractivity contribution in [3.8, 4) is 0 Å². The average molecular weight is 313 g/mol. The van der Waals surface area contributed by atoms with Gasteiger partial charge in [0.05, 0.1) is 25.5 Å². The molecule has 3 nitrogen and oxygen atoms in total. The molecule has 0 aliphatic carbocycles. The van der Waals surface area contributed by atoms with Gasteiger partial charge in [-0.15, -0.1) is 0 Å². The standard InChI is InChI=1S/C11H21O3S.BrH/c1-6-14-10(13)7-11(2,3)9(12)8-15(4)5;/h6-8H2,1-5H3;1H/q+1;/p-1. The van der Waals surface area contributed by atoms with Crippen molar-refractivity contribution >= 4 is 22.6 Å². The van der Waals surface area contributed by atoms with E-state index in [1.165, 1.54) is 0 Å². The molecule has 0 radical (unpaired) electrons. The number of hydrogen-bond donors (Lipinski definition) is 0. The number of ketones is 1. The van der Waals surface area contributed by atoms with Crippen LogP contribution in [0, 0.1) is 5.41 Å². The van der Waals surface area contributed by atoms with Crippen LogP contribution in [0.5, 0.6) is 0 Å². The molecule has 16 heavy (non-hydrogen) atoms. The molecule has 0 rings (SSSR count). The summed E-state index contributed by atoms with van der Waals surface area (Å²) in [6, 6.07) is 0. The fourth-order valence-corrected chi connectivity index (χ4v) is 2.04. The van der Waals surface area contributed by atoms with Crippen LogP contribution in [0.3, 0.4) is 0 Å². The monoisotopic (exact) mass is 312 g/mol. The lowest BCUT2D eigenvalue weighted by Gasteiger charge is -2.20. The number of rotatable bonds is 6. The summed E-state index contributed by atoms with van der Waals surface area (Å²) in [6.07, 6.45) is 4.23. The molecular weight excluding hydrogens is 292 g/mol. The van der Waals surface area contributed by atoms with Gasteiger partial charge in [0.2, 0.25) is 0 Å². The number of esters is 1. The van der Waals surface area contributed by atoms with Crippen molar-refractivity contribution < 1.29 is 31.3 Å². The Morgan fingerprint density at radius 1 is 1.25 bits per heavy atom. The summed E-state index contributed by atoms with van der Waals surface area (Å²) in [5.41, 5.74) is -0.594. The third kappa shape index (κ3) is 7.28. The van der Waals surface area contributed by atoms with Crippen molar-refractivity contribution in [1.82, 2.24) is 0 Å². The third-order valence-corrected chi connectivity index (χ3v) is 2.91. The molecule has 5 heteroatoms.